The lowest BCUT2D eigenvalue weighted by Crippen LogP contribution is -2.33. The first kappa shape index (κ1) is 16.8. The van der Waals surface area contributed by atoms with E-state index in [9.17, 15) is 9.59 Å². The first-order valence-corrected chi connectivity index (χ1v) is 8.15. The molecule has 6 heteroatoms. The Morgan fingerprint density at radius 3 is 2.64 bits per heavy atom. The maximum absolute atomic E-state index is 12.3. The van der Waals surface area contributed by atoms with Crippen molar-refractivity contribution in [1.29, 1.82) is 0 Å². The van der Waals surface area contributed by atoms with Gasteiger partial charge in [0.15, 0.2) is 0 Å². The van der Waals surface area contributed by atoms with Crippen LogP contribution in [-0.2, 0) is 4.79 Å². The highest BCUT2D eigenvalue weighted by atomic mass is 79.9. The van der Waals surface area contributed by atoms with Crippen molar-refractivity contribution in [3.63, 3.8) is 0 Å². The number of aliphatic carboxylic acids is 1. The summed E-state index contributed by atoms with van der Waals surface area (Å²) in [5, 5.41) is 11.9. The fraction of sp³-hybridized carbons (Fsp3) is 0.500. The lowest BCUT2D eigenvalue weighted by Gasteiger charge is -2.15. The average molecular weight is 370 g/mol. The molecule has 1 aromatic carbocycles. The fourth-order valence-electron chi connectivity index (χ4n) is 2.64. The molecule has 1 aliphatic rings. The van der Waals surface area contributed by atoms with Gasteiger partial charge in [0.05, 0.1) is 12.0 Å². The number of benzene rings is 1. The predicted molar refractivity (Wildman–Crippen MR) is 86.1 cm³/mol. The molecule has 0 saturated heterocycles. The number of carboxylic acids is 1. The van der Waals surface area contributed by atoms with Gasteiger partial charge in [-0.3, -0.25) is 9.59 Å². The summed E-state index contributed by atoms with van der Waals surface area (Å²) in [5.74, 6) is -0.713. The van der Waals surface area contributed by atoms with Crippen molar-refractivity contribution in [3.05, 3.63) is 28.2 Å². The highest BCUT2D eigenvalue weighted by Gasteiger charge is 2.30. The summed E-state index contributed by atoms with van der Waals surface area (Å²) in [7, 11) is 0. The number of ether oxygens (including phenoxy) is 1. The molecule has 1 aliphatic carbocycles. The first-order valence-electron chi connectivity index (χ1n) is 7.36. The Balaban J connectivity index is 2.03. The first-order chi connectivity index (χ1) is 10.3. The van der Waals surface area contributed by atoms with Gasteiger partial charge in [-0.25, -0.2) is 0 Å². The van der Waals surface area contributed by atoms with Crippen LogP contribution in [0.4, 0.5) is 0 Å². The molecule has 1 saturated carbocycles. The second-order valence-electron chi connectivity index (χ2n) is 5.86. The predicted octanol–water partition coefficient (Wildman–Crippen LogP) is 3.22. The normalized spacial score (nSPS) is 20.9. The van der Waals surface area contributed by atoms with Crippen molar-refractivity contribution < 1.29 is 19.4 Å². The standard InChI is InChI=1S/C16H20BrNO4/c1-9(2)22-14-7-11(5-12(17)8-14)15(19)18-13-4-3-10(6-13)16(20)21/h5,7-10,13H,3-4,6H2,1-2H3,(H,18,19)(H,20,21)/t10-,13+/m0/s1. The molecule has 1 aromatic rings. The SMILES string of the molecule is CC(C)Oc1cc(Br)cc(C(=O)N[C@@H]2CC[C@H](C(=O)O)C2)c1. The Labute approximate surface area is 138 Å². The van der Waals surface area contributed by atoms with E-state index in [0.717, 1.165) is 4.47 Å². The maximum atomic E-state index is 12.3. The third-order valence-electron chi connectivity index (χ3n) is 3.62. The molecule has 0 bridgehead atoms. The zero-order chi connectivity index (χ0) is 16.3. The topological polar surface area (TPSA) is 75.6 Å². The number of carboxylic acid groups (broad SMARTS) is 1. The van der Waals surface area contributed by atoms with Crippen LogP contribution in [-0.4, -0.2) is 29.1 Å². The fourth-order valence-corrected chi connectivity index (χ4v) is 3.11. The second kappa shape index (κ2) is 7.13. The van der Waals surface area contributed by atoms with Crippen molar-refractivity contribution in [3.8, 4) is 5.75 Å². The van der Waals surface area contributed by atoms with Gasteiger partial charge in [-0.15, -0.1) is 0 Å². The Morgan fingerprint density at radius 1 is 1.32 bits per heavy atom. The summed E-state index contributed by atoms with van der Waals surface area (Å²) in [4.78, 5) is 23.3. The van der Waals surface area contributed by atoms with Gasteiger partial charge >= 0.3 is 5.97 Å². The van der Waals surface area contributed by atoms with Gasteiger partial charge in [-0.05, 0) is 51.3 Å². The molecule has 0 spiro atoms. The van der Waals surface area contributed by atoms with Crippen LogP contribution in [0.1, 0.15) is 43.5 Å². The molecule has 1 amide bonds. The van der Waals surface area contributed by atoms with Crippen LogP contribution in [0.3, 0.4) is 0 Å². The monoisotopic (exact) mass is 369 g/mol. The molecule has 2 atom stereocenters. The number of carbonyl (C=O) groups is 2. The van der Waals surface area contributed by atoms with Crippen LogP contribution in [0.25, 0.3) is 0 Å². The molecule has 0 radical (unpaired) electrons. The molecule has 0 aromatic heterocycles. The van der Waals surface area contributed by atoms with Crippen molar-refractivity contribution in [1.82, 2.24) is 5.32 Å². The number of carbonyl (C=O) groups excluding carboxylic acids is 1. The molecule has 0 unspecified atom stereocenters. The summed E-state index contributed by atoms with van der Waals surface area (Å²) in [6, 6.07) is 5.16. The number of halogens is 1. The van der Waals surface area contributed by atoms with E-state index in [1.165, 1.54) is 0 Å². The van der Waals surface area contributed by atoms with E-state index in [1.807, 2.05) is 19.9 Å². The lowest BCUT2D eigenvalue weighted by atomic mass is 10.1. The summed E-state index contributed by atoms with van der Waals surface area (Å²) in [6.07, 6.45) is 1.83. The average Bonchev–Trinajstić information content (AvgIpc) is 2.85. The molecule has 0 heterocycles. The Kier molecular flexibility index (Phi) is 5.45. The van der Waals surface area contributed by atoms with Crippen LogP contribution in [0.15, 0.2) is 22.7 Å². The maximum Gasteiger partial charge on any atom is 0.306 e. The molecule has 1 fully saturated rings. The van der Waals surface area contributed by atoms with Gasteiger partial charge in [-0.2, -0.15) is 0 Å². The minimum atomic E-state index is -0.785. The van der Waals surface area contributed by atoms with Gasteiger partial charge in [-0.1, -0.05) is 15.9 Å². The molecular formula is C16H20BrNO4. The van der Waals surface area contributed by atoms with Crippen LogP contribution >= 0.6 is 15.9 Å². The van der Waals surface area contributed by atoms with Gasteiger partial charge in [0.1, 0.15) is 5.75 Å². The van der Waals surface area contributed by atoms with Crippen molar-refractivity contribution in [2.24, 2.45) is 5.92 Å². The Hall–Kier alpha value is -1.56. The van der Waals surface area contributed by atoms with Crippen molar-refractivity contribution in [2.75, 3.05) is 0 Å². The largest absolute Gasteiger partial charge is 0.491 e. The van der Waals surface area contributed by atoms with Crippen LogP contribution in [0, 0.1) is 5.92 Å². The number of hydrogen-bond acceptors (Lipinski definition) is 3. The van der Waals surface area contributed by atoms with Crippen molar-refractivity contribution in [2.45, 2.75) is 45.3 Å². The van der Waals surface area contributed by atoms with Crippen LogP contribution in [0.5, 0.6) is 5.75 Å². The molecule has 2 rings (SSSR count). The van der Waals surface area contributed by atoms with Gasteiger partial charge in [0.25, 0.3) is 5.91 Å². The molecule has 120 valence electrons. The van der Waals surface area contributed by atoms with E-state index in [4.69, 9.17) is 9.84 Å². The molecule has 22 heavy (non-hydrogen) atoms. The lowest BCUT2D eigenvalue weighted by molar-refractivity contribution is -0.141. The van der Waals surface area contributed by atoms with E-state index in [1.54, 1.807) is 12.1 Å². The summed E-state index contributed by atoms with van der Waals surface area (Å²) in [5.41, 5.74) is 0.504. The summed E-state index contributed by atoms with van der Waals surface area (Å²) < 4.78 is 6.39. The van der Waals surface area contributed by atoms with E-state index >= 15 is 0 Å². The quantitative estimate of drug-likeness (QED) is 0.835. The van der Waals surface area contributed by atoms with Gasteiger partial charge in [0.2, 0.25) is 0 Å². The van der Waals surface area contributed by atoms with Gasteiger partial charge < -0.3 is 15.2 Å². The van der Waals surface area contributed by atoms with E-state index in [0.29, 0.717) is 30.6 Å². The number of rotatable bonds is 5. The van der Waals surface area contributed by atoms with Gasteiger partial charge in [0, 0.05) is 16.1 Å². The van der Waals surface area contributed by atoms with E-state index < -0.39 is 5.97 Å². The third-order valence-corrected chi connectivity index (χ3v) is 4.08. The summed E-state index contributed by atoms with van der Waals surface area (Å²) in [6.45, 7) is 3.84. The highest BCUT2D eigenvalue weighted by Crippen LogP contribution is 2.27. The van der Waals surface area contributed by atoms with E-state index in [-0.39, 0.29) is 24.0 Å². The Morgan fingerprint density at radius 2 is 2.05 bits per heavy atom. The third kappa shape index (κ3) is 4.47. The minimum Gasteiger partial charge on any atom is -0.491 e. The molecular weight excluding hydrogens is 350 g/mol. The zero-order valence-electron chi connectivity index (χ0n) is 12.6. The number of amides is 1. The van der Waals surface area contributed by atoms with Crippen molar-refractivity contribution >= 4 is 27.8 Å². The molecule has 5 nitrogen and oxygen atoms in total. The molecule has 2 N–H and O–H groups in total. The summed E-state index contributed by atoms with van der Waals surface area (Å²) >= 11 is 3.37. The molecule has 0 aliphatic heterocycles. The number of hydrogen-bond donors (Lipinski definition) is 2. The van der Waals surface area contributed by atoms with Crippen LogP contribution in [0.2, 0.25) is 0 Å². The number of nitrogens with one attached hydrogen (secondary N) is 1. The highest BCUT2D eigenvalue weighted by molar-refractivity contribution is 9.10. The zero-order valence-corrected chi connectivity index (χ0v) is 14.2. The van der Waals surface area contributed by atoms with E-state index in [2.05, 4.69) is 21.2 Å². The van der Waals surface area contributed by atoms with Crippen LogP contribution < -0.4 is 10.1 Å². The second-order valence-corrected chi connectivity index (χ2v) is 6.78. The minimum absolute atomic E-state index is 0.0244. The Bertz CT molecular complexity index is 573. The smallest absolute Gasteiger partial charge is 0.306 e.